The number of carbonyl (C=O) groups is 1. The molecule has 106 valence electrons. The lowest BCUT2D eigenvalue weighted by atomic mass is 10.1. The van der Waals surface area contributed by atoms with E-state index in [1.807, 2.05) is 24.3 Å². The SMILES string of the molecule is O=C(Cc1c(F)cccc1Cl)Nn1cnc2ccccc21. The molecule has 1 N–H and O–H groups in total. The molecule has 0 bridgehead atoms. The smallest absolute Gasteiger partial charge is 0.243 e. The van der Waals surface area contributed by atoms with E-state index in [9.17, 15) is 9.18 Å². The molecule has 1 heterocycles. The van der Waals surface area contributed by atoms with E-state index >= 15 is 0 Å². The second-order valence-electron chi connectivity index (χ2n) is 4.52. The predicted molar refractivity (Wildman–Crippen MR) is 79.2 cm³/mol. The van der Waals surface area contributed by atoms with E-state index in [2.05, 4.69) is 10.4 Å². The van der Waals surface area contributed by atoms with Crippen molar-refractivity contribution in [2.24, 2.45) is 0 Å². The highest BCUT2D eigenvalue weighted by atomic mass is 35.5. The molecule has 0 aliphatic rings. The topological polar surface area (TPSA) is 46.9 Å². The van der Waals surface area contributed by atoms with Crippen LogP contribution in [-0.2, 0) is 11.2 Å². The van der Waals surface area contributed by atoms with Crippen molar-refractivity contribution in [2.45, 2.75) is 6.42 Å². The van der Waals surface area contributed by atoms with Gasteiger partial charge in [-0.25, -0.2) is 14.1 Å². The summed E-state index contributed by atoms with van der Waals surface area (Å²) in [5.74, 6) is -0.863. The first kappa shape index (κ1) is 13.6. The fourth-order valence-electron chi connectivity index (χ4n) is 2.08. The maximum absolute atomic E-state index is 13.7. The zero-order valence-electron chi connectivity index (χ0n) is 10.9. The van der Waals surface area contributed by atoms with Crippen LogP contribution in [0, 0.1) is 5.82 Å². The van der Waals surface area contributed by atoms with Crippen LogP contribution in [0.15, 0.2) is 48.8 Å². The van der Waals surface area contributed by atoms with Gasteiger partial charge in [0, 0.05) is 10.6 Å². The van der Waals surface area contributed by atoms with Crippen molar-refractivity contribution in [3.8, 4) is 0 Å². The van der Waals surface area contributed by atoms with E-state index in [0.29, 0.717) is 0 Å². The fraction of sp³-hybridized carbons (Fsp3) is 0.0667. The predicted octanol–water partition coefficient (Wildman–Crippen LogP) is 3.14. The quantitative estimate of drug-likeness (QED) is 0.808. The van der Waals surface area contributed by atoms with Crippen molar-refractivity contribution in [3.63, 3.8) is 0 Å². The normalized spacial score (nSPS) is 10.8. The van der Waals surface area contributed by atoms with Crippen LogP contribution in [0.5, 0.6) is 0 Å². The second kappa shape index (κ2) is 5.54. The number of benzene rings is 2. The van der Waals surface area contributed by atoms with Gasteiger partial charge in [0.2, 0.25) is 5.91 Å². The van der Waals surface area contributed by atoms with Crippen molar-refractivity contribution < 1.29 is 9.18 Å². The van der Waals surface area contributed by atoms with E-state index in [1.165, 1.54) is 23.1 Å². The third kappa shape index (κ3) is 2.73. The minimum absolute atomic E-state index is 0.141. The summed E-state index contributed by atoms with van der Waals surface area (Å²) in [5, 5.41) is 0.237. The van der Waals surface area contributed by atoms with Gasteiger partial charge in [0.15, 0.2) is 0 Å². The average Bonchev–Trinajstić information content (AvgIpc) is 2.87. The number of rotatable bonds is 3. The van der Waals surface area contributed by atoms with Crippen molar-refractivity contribution in [2.75, 3.05) is 5.43 Å². The van der Waals surface area contributed by atoms with Crippen LogP contribution in [0.1, 0.15) is 5.56 Å². The van der Waals surface area contributed by atoms with Gasteiger partial charge in [0.05, 0.1) is 17.5 Å². The van der Waals surface area contributed by atoms with Gasteiger partial charge in [-0.2, -0.15) is 0 Å². The molecule has 0 unspecified atom stereocenters. The van der Waals surface area contributed by atoms with Crippen LogP contribution >= 0.6 is 11.6 Å². The molecule has 2 aromatic carbocycles. The molecule has 21 heavy (non-hydrogen) atoms. The van der Waals surface area contributed by atoms with Crippen LogP contribution in [0.25, 0.3) is 11.0 Å². The Balaban J connectivity index is 1.81. The molecule has 6 heteroatoms. The highest BCUT2D eigenvalue weighted by molar-refractivity contribution is 6.31. The second-order valence-corrected chi connectivity index (χ2v) is 4.92. The molecule has 0 spiro atoms. The molecule has 0 aliphatic carbocycles. The summed E-state index contributed by atoms with van der Waals surface area (Å²) in [6, 6.07) is 11.7. The van der Waals surface area contributed by atoms with Crippen molar-refractivity contribution in [1.82, 2.24) is 9.66 Å². The Labute approximate surface area is 125 Å². The molecular formula is C15H11ClFN3O. The molecule has 0 radical (unpaired) electrons. The number of nitrogens with one attached hydrogen (secondary N) is 1. The molecule has 0 aliphatic heterocycles. The van der Waals surface area contributed by atoms with Crippen molar-refractivity contribution >= 4 is 28.5 Å². The molecule has 0 saturated carbocycles. The van der Waals surface area contributed by atoms with Gasteiger partial charge in [-0.15, -0.1) is 0 Å². The van der Waals surface area contributed by atoms with Gasteiger partial charge in [0.25, 0.3) is 0 Å². The zero-order valence-corrected chi connectivity index (χ0v) is 11.6. The summed E-state index contributed by atoms with van der Waals surface area (Å²) in [6.45, 7) is 0. The number of para-hydroxylation sites is 2. The Morgan fingerprint density at radius 3 is 2.86 bits per heavy atom. The van der Waals surface area contributed by atoms with E-state index in [-0.39, 0.29) is 22.9 Å². The lowest BCUT2D eigenvalue weighted by Crippen LogP contribution is -2.24. The summed E-state index contributed by atoms with van der Waals surface area (Å²) in [6.07, 6.45) is 1.36. The van der Waals surface area contributed by atoms with Crippen LogP contribution in [-0.4, -0.2) is 15.6 Å². The maximum Gasteiger partial charge on any atom is 0.243 e. The minimum Gasteiger partial charge on any atom is -0.273 e. The van der Waals surface area contributed by atoms with Gasteiger partial charge in [-0.3, -0.25) is 10.2 Å². The summed E-state index contributed by atoms with van der Waals surface area (Å²) >= 11 is 5.91. The summed E-state index contributed by atoms with van der Waals surface area (Å²) in [5.41, 5.74) is 4.37. The number of hydrogen-bond acceptors (Lipinski definition) is 2. The first-order valence-electron chi connectivity index (χ1n) is 6.30. The molecule has 0 fully saturated rings. The van der Waals surface area contributed by atoms with Gasteiger partial charge >= 0.3 is 0 Å². The summed E-state index contributed by atoms with van der Waals surface area (Å²) < 4.78 is 15.2. The van der Waals surface area contributed by atoms with Gasteiger partial charge < -0.3 is 0 Å². The van der Waals surface area contributed by atoms with E-state index in [4.69, 9.17) is 11.6 Å². The Morgan fingerprint density at radius 1 is 1.24 bits per heavy atom. The molecular weight excluding hydrogens is 293 g/mol. The fourth-order valence-corrected chi connectivity index (χ4v) is 2.31. The first-order valence-corrected chi connectivity index (χ1v) is 6.68. The average molecular weight is 304 g/mol. The molecule has 0 atom stereocenters. The standard InChI is InChI=1S/C15H11ClFN3O/c16-11-4-3-5-12(17)10(11)8-15(21)19-20-9-18-13-6-1-2-7-14(13)20/h1-7,9H,8H2,(H,19,21). The number of nitrogens with zero attached hydrogens (tertiary/aromatic N) is 2. The maximum atomic E-state index is 13.7. The monoisotopic (exact) mass is 303 g/mol. The lowest BCUT2D eigenvalue weighted by molar-refractivity contribution is -0.116. The number of halogens is 2. The van der Waals surface area contributed by atoms with Gasteiger partial charge in [-0.1, -0.05) is 29.8 Å². The third-order valence-corrected chi connectivity index (χ3v) is 3.45. The van der Waals surface area contributed by atoms with E-state index < -0.39 is 5.82 Å². The van der Waals surface area contributed by atoms with E-state index in [1.54, 1.807) is 6.07 Å². The largest absolute Gasteiger partial charge is 0.273 e. The van der Waals surface area contributed by atoms with Crippen LogP contribution in [0.4, 0.5) is 4.39 Å². The molecule has 1 amide bonds. The number of hydrogen-bond donors (Lipinski definition) is 1. The van der Waals surface area contributed by atoms with Crippen molar-refractivity contribution in [1.29, 1.82) is 0 Å². The van der Waals surface area contributed by atoms with Crippen LogP contribution < -0.4 is 5.43 Å². The Kier molecular flexibility index (Phi) is 3.58. The lowest BCUT2D eigenvalue weighted by Gasteiger charge is -2.08. The third-order valence-electron chi connectivity index (χ3n) is 3.10. The summed E-state index contributed by atoms with van der Waals surface area (Å²) in [4.78, 5) is 16.2. The summed E-state index contributed by atoms with van der Waals surface area (Å²) in [7, 11) is 0. The van der Waals surface area contributed by atoms with Crippen molar-refractivity contribution in [3.05, 3.63) is 65.2 Å². The Hall–Kier alpha value is -2.40. The molecule has 3 aromatic rings. The minimum atomic E-state index is -0.492. The number of aromatic nitrogens is 2. The van der Waals surface area contributed by atoms with Gasteiger partial charge in [-0.05, 0) is 24.3 Å². The van der Waals surface area contributed by atoms with Crippen LogP contribution in [0.2, 0.25) is 5.02 Å². The van der Waals surface area contributed by atoms with Gasteiger partial charge in [0.1, 0.15) is 12.1 Å². The van der Waals surface area contributed by atoms with Crippen LogP contribution in [0.3, 0.4) is 0 Å². The van der Waals surface area contributed by atoms with E-state index in [0.717, 1.165) is 11.0 Å². The highest BCUT2D eigenvalue weighted by Gasteiger charge is 2.12. The number of imidazole rings is 1. The Morgan fingerprint density at radius 2 is 2.05 bits per heavy atom. The first-order chi connectivity index (χ1) is 10.1. The number of fused-ring (bicyclic) bond motifs is 1. The zero-order chi connectivity index (χ0) is 14.8. The number of carbonyl (C=O) groups excluding carboxylic acids is 1. The molecule has 3 rings (SSSR count). The number of amides is 1. The highest BCUT2D eigenvalue weighted by Crippen LogP contribution is 2.19. The molecule has 1 aromatic heterocycles. The Bertz CT molecular complexity index is 795. The molecule has 4 nitrogen and oxygen atoms in total. The molecule has 0 saturated heterocycles.